The van der Waals surface area contributed by atoms with Crippen molar-refractivity contribution in [2.75, 3.05) is 0 Å². The Morgan fingerprint density at radius 1 is 0.875 bits per heavy atom. The van der Waals surface area contributed by atoms with Crippen LogP contribution in [0.25, 0.3) is 0 Å². The summed E-state index contributed by atoms with van der Waals surface area (Å²) in [7, 11) is 0. The second-order valence-electron chi connectivity index (χ2n) is 3.21. The second-order valence-corrected chi connectivity index (χ2v) is 3.21. The number of aliphatic hydroxyl groups is 2. The van der Waals surface area contributed by atoms with Crippen molar-refractivity contribution < 1.29 is 30.0 Å². The van der Waals surface area contributed by atoms with Crippen molar-refractivity contribution in [3.8, 4) is 0 Å². The van der Waals surface area contributed by atoms with E-state index in [1.807, 2.05) is 0 Å². The summed E-state index contributed by atoms with van der Waals surface area (Å²) in [6.45, 7) is 2.66. The van der Waals surface area contributed by atoms with Crippen molar-refractivity contribution >= 4 is 11.9 Å². The Hall–Kier alpha value is -1.22. The number of aliphatic hydroxyl groups excluding tert-OH is 2. The normalized spacial score (nSPS) is 17.4. The number of carbonyl (C=O) groups is 2. The summed E-state index contributed by atoms with van der Waals surface area (Å²) in [5.74, 6) is -2.36. The Morgan fingerprint density at radius 3 is 1.06 bits per heavy atom. The second kappa shape index (κ2) is 7.99. The van der Waals surface area contributed by atoms with Gasteiger partial charge in [0.1, 0.15) is 12.1 Å². The van der Waals surface area contributed by atoms with Gasteiger partial charge in [-0.3, -0.25) is 9.59 Å². The first-order chi connectivity index (χ1) is 7.11. The molecule has 0 aromatic carbocycles. The molecule has 0 rings (SSSR count). The van der Waals surface area contributed by atoms with Crippen molar-refractivity contribution in [2.45, 2.75) is 38.1 Å². The highest BCUT2D eigenvalue weighted by atomic mass is 16.4. The Morgan fingerprint density at radius 2 is 1.06 bits per heavy atom. The molecule has 8 heteroatoms. The summed E-state index contributed by atoms with van der Waals surface area (Å²) in [6.07, 6.45) is -1.96. The monoisotopic (exact) mass is 238 g/mol. The number of rotatable bonds is 4. The molecule has 4 atom stereocenters. The SMILES string of the molecule is C[C@@H](O)[C@H](N)C(=O)O.C[C@H](O)[C@@H](N)C(=O)O. The smallest absolute Gasteiger partial charge is 0.323 e. The van der Waals surface area contributed by atoms with Gasteiger partial charge >= 0.3 is 11.9 Å². The number of carboxylic acid groups (broad SMARTS) is 2. The average Bonchev–Trinajstić information content (AvgIpc) is 2.15. The maximum Gasteiger partial charge on any atom is 0.323 e. The van der Waals surface area contributed by atoms with E-state index in [0.717, 1.165) is 0 Å². The predicted molar refractivity (Wildman–Crippen MR) is 54.6 cm³/mol. The van der Waals surface area contributed by atoms with Crippen LogP contribution in [0.3, 0.4) is 0 Å². The minimum absolute atomic E-state index is 0.979. The molecular weight excluding hydrogens is 220 g/mol. The van der Waals surface area contributed by atoms with Crippen LogP contribution in [0.2, 0.25) is 0 Å². The first-order valence-electron chi connectivity index (χ1n) is 4.44. The Bertz CT molecular complexity index is 207. The number of carboxylic acids is 2. The van der Waals surface area contributed by atoms with E-state index in [2.05, 4.69) is 0 Å². The van der Waals surface area contributed by atoms with E-state index in [1.165, 1.54) is 13.8 Å². The van der Waals surface area contributed by atoms with Gasteiger partial charge in [-0.25, -0.2) is 0 Å². The van der Waals surface area contributed by atoms with Gasteiger partial charge in [0, 0.05) is 0 Å². The lowest BCUT2D eigenvalue weighted by Gasteiger charge is -2.07. The zero-order valence-corrected chi connectivity index (χ0v) is 9.07. The van der Waals surface area contributed by atoms with Gasteiger partial charge in [0.15, 0.2) is 0 Å². The fraction of sp³-hybridized carbons (Fsp3) is 0.750. The molecule has 0 aliphatic carbocycles. The van der Waals surface area contributed by atoms with Gasteiger partial charge in [-0.15, -0.1) is 0 Å². The van der Waals surface area contributed by atoms with Gasteiger partial charge in [-0.2, -0.15) is 0 Å². The molecule has 96 valence electrons. The van der Waals surface area contributed by atoms with E-state index in [0.29, 0.717) is 0 Å². The first-order valence-corrected chi connectivity index (χ1v) is 4.44. The molecule has 0 saturated carbocycles. The van der Waals surface area contributed by atoms with Gasteiger partial charge in [0.25, 0.3) is 0 Å². The molecule has 0 aliphatic heterocycles. The summed E-state index contributed by atoms with van der Waals surface area (Å²) in [6, 6.07) is -2.31. The molecule has 0 spiro atoms. The molecule has 0 aliphatic rings. The van der Waals surface area contributed by atoms with Gasteiger partial charge in [-0.1, -0.05) is 0 Å². The Balaban J connectivity index is 0. The van der Waals surface area contributed by atoms with Crippen LogP contribution < -0.4 is 11.5 Å². The lowest BCUT2D eigenvalue weighted by molar-refractivity contribution is -0.141. The quantitative estimate of drug-likeness (QED) is 0.314. The predicted octanol–water partition coefficient (Wildman–Crippen LogP) is -2.44. The molecule has 0 aromatic heterocycles. The minimum atomic E-state index is -1.18. The van der Waals surface area contributed by atoms with Gasteiger partial charge in [-0.05, 0) is 13.8 Å². The largest absolute Gasteiger partial charge is 0.480 e. The molecule has 0 heterocycles. The van der Waals surface area contributed by atoms with Crippen LogP contribution in [0.1, 0.15) is 13.8 Å². The third kappa shape index (κ3) is 8.12. The van der Waals surface area contributed by atoms with Crippen LogP contribution in [0.4, 0.5) is 0 Å². The maximum atomic E-state index is 9.86. The van der Waals surface area contributed by atoms with Crippen molar-refractivity contribution in [3.63, 3.8) is 0 Å². The maximum absolute atomic E-state index is 9.86. The molecule has 0 saturated heterocycles. The van der Waals surface area contributed by atoms with Crippen LogP contribution in [0.5, 0.6) is 0 Å². The van der Waals surface area contributed by atoms with E-state index in [9.17, 15) is 9.59 Å². The highest BCUT2D eigenvalue weighted by Crippen LogP contribution is 1.86. The van der Waals surface area contributed by atoms with Crippen LogP contribution >= 0.6 is 0 Å². The van der Waals surface area contributed by atoms with Crippen LogP contribution in [-0.4, -0.2) is 56.7 Å². The average molecular weight is 238 g/mol. The lowest BCUT2D eigenvalue weighted by Crippen LogP contribution is -2.39. The molecular formula is C8H18N2O6. The van der Waals surface area contributed by atoms with Crippen LogP contribution in [-0.2, 0) is 9.59 Å². The molecule has 16 heavy (non-hydrogen) atoms. The van der Waals surface area contributed by atoms with Gasteiger partial charge < -0.3 is 31.9 Å². The summed E-state index contributed by atoms with van der Waals surface area (Å²) in [4.78, 5) is 19.7. The van der Waals surface area contributed by atoms with E-state index in [4.69, 9.17) is 31.9 Å². The van der Waals surface area contributed by atoms with E-state index in [1.54, 1.807) is 0 Å². The van der Waals surface area contributed by atoms with Crippen molar-refractivity contribution in [1.82, 2.24) is 0 Å². The fourth-order valence-electron chi connectivity index (χ4n) is 0.413. The summed E-state index contributed by atoms with van der Waals surface area (Å²) >= 11 is 0. The molecule has 8 nitrogen and oxygen atoms in total. The number of aliphatic carboxylic acids is 2. The molecule has 0 fully saturated rings. The van der Waals surface area contributed by atoms with Crippen molar-refractivity contribution in [1.29, 1.82) is 0 Å². The summed E-state index contributed by atoms with van der Waals surface area (Å²) < 4.78 is 0. The van der Waals surface area contributed by atoms with Crippen molar-refractivity contribution in [3.05, 3.63) is 0 Å². The highest BCUT2D eigenvalue weighted by molar-refractivity contribution is 5.74. The molecule has 0 aromatic rings. The fourth-order valence-corrected chi connectivity index (χ4v) is 0.413. The first kappa shape index (κ1) is 17.2. The van der Waals surface area contributed by atoms with Crippen LogP contribution in [0, 0.1) is 0 Å². The number of hydrogen-bond acceptors (Lipinski definition) is 6. The van der Waals surface area contributed by atoms with E-state index in [-0.39, 0.29) is 0 Å². The van der Waals surface area contributed by atoms with E-state index < -0.39 is 36.2 Å². The van der Waals surface area contributed by atoms with Crippen LogP contribution in [0.15, 0.2) is 0 Å². The lowest BCUT2D eigenvalue weighted by atomic mass is 10.2. The van der Waals surface area contributed by atoms with Gasteiger partial charge in [0.2, 0.25) is 0 Å². The number of nitrogens with two attached hydrogens (primary N) is 2. The van der Waals surface area contributed by atoms with Crippen molar-refractivity contribution in [2.24, 2.45) is 11.5 Å². The third-order valence-electron chi connectivity index (χ3n) is 1.61. The molecule has 8 N–H and O–H groups in total. The third-order valence-corrected chi connectivity index (χ3v) is 1.61. The molecule has 0 bridgehead atoms. The standard InChI is InChI=1S/2C4H9NO3/c2*1-2(6)3(5)4(7)8/h2*2-3,6H,5H2,1H3,(H,7,8)/t2*2-,3+/m10/s1. The molecule has 0 amide bonds. The minimum Gasteiger partial charge on any atom is -0.480 e. The highest BCUT2D eigenvalue weighted by Gasteiger charge is 2.16. The van der Waals surface area contributed by atoms with Gasteiger partial charge in [0.05, 0.1) is 12.2 Å². The Labute approximate surface area is 92.5 Å². The Kier molecular flexibility index (Phi) is 8.58. The topological polar surface area (TPSA) is 167 Å². The van der Waals surface area contributed by atoms with E-state index >= 15 is 0 Å². The number of hydrogen-bond donors (Lipinski definition) is 6. The molecule has 0 unspecified atom stereocenters. The molecule has 0 radical (unpaired) electrons. The zero-order valence-electron chi connectivity index (χ0n) is 9.07. The zero-order chi connectivity index (χ0) is 13.5. The summed E-state index contributed by atoms with van der Waals surface area (Å²) in [5, 5.41) is 33.1. The summed E-state index contributed by atoms with van der Waals surface area (Å²) in [5.41, 5.74) is 9.82.